The van der Waals surface area contributed by atoms with Crippen LogP contribution in [0.3, 0.4) is 0 Å². The summed E-state index contributed by atoms with van der Waals surface area (Å²) in [6.45, 7) is 4.16. The van der Waals surface area contributed by atoms with E-state index in [2.05, 4.69) is 6.92 Å². The van der Waals surface area contributed by atoms with Crippen molar-refractivity contribution in [2.24, 2.45) is 5.92 Å². The van der Waals surface area contributed by atoms with Crippen molar-refractivity contribution in [3.05, 3.63) is 11.4 Å². The molecule has 0 spiro atoms. The number of rotatable bonds is 0. The smallest absolute Gasteiger partial charge is 0.0688 e. The Balaban J connectivity index is 2.73. The van der Waals surface area contributed by atoms with Crippen LogP contribution in [-0.4, -0.2) is 6.16 Å². The van der Waals surface area contributed by atoms with E-state index in [1.165, 1.54) is 5.57 Å². The highest BCUT2D eigenvalue weighted by Crippen LogP contribution is 2.37. The van der Waals surface area contributed by atoms with Crippen LogP contribution in [0.25, 0.3) is 0 Å². The molecule has 0 aromatic rings. The number of hydrogen-bond donors (Lipinski definition) is 0. The lowest BCUT2D eigenvalue weighted by atomic mass is 10.1. The SMILES string of the molecule is CC1=C[P+](=O)CC1C. The Hall–Kier alpha value is -0.160. The van der Waals surface area contributed by atoms with Gasteiger partial charge in [0.1, 0.15) is 0 Å². The summed E-state index contributed by atoms with van der Waals surface area (Å²) in [5.74, 6) is 2.46. The zero-order chi connectivity index (χ0) is 6.15. The average molecular weight is 129 g/mol. The van der Waals surface area contributed by atoms with Crippen molar-refractivity contribution in [1.29, 1.82) is 0 Å². The molecule has 0 saturated carbocycles. The first-order chi connectivity index (χ1) is 3.70. The summed E-state index contributed by atoms with van der Waals surface area (Å²) in [5.41, 5.74) is 1.30. The molecule has 2 heteroatoms. The highest BCUT2D eigenvalue weighted by atomic mass is 31.1. The van der Waals surface area contributed by atoms with Crippen LogP contribution in [-0.2, 0) is 4.57 Å². The average Bonchev–Trinajstić information content (AvgIpc) is 1.85. The minimum absolute atomic E-state index is 0.568. The molecule has 0 aromatic carbocycles. The predicted molar refractivity (Wildman–Crippen MR) is 35.4 cm³/mol. The maximum absolute atomic E-state index is 10.7. The van der Waals surface area contributed by atoms with E-state index < -0.39 is 7.80 Å². The Kier molecular flexibility index (Phi) is 1.48. The van der Waals surface area contributed by atoms with E-state index in [9.17, 15) is 4.57 Å². The van der Waals surface area contributed by atoms with Gasteiger partial charge in [0.05, 0.1) is 0 Å². The van der Waals surface area contributed by atoms with Crippen LogP contribution in [0.1, 0.15) is 13.8 Å². The molecule has 0 aromatic heterocycles. The summed E-state index contributed by atoms with van der Waals surface area (Å²) < 4.78 is 10.7. The number of hydrogen-bond acceptors (Lipinski definition) is 1. The molecule has 0 radical (unpaired) electrons. The van der Waals surface area contributed by atoms with Gasteiger partial charge in [0.15, 0.2) is 12.0 Å². The van der Waals surface area contributed by atoms with Crippen LogP contribution in [0, 0.1) is 5.92 Å². The minimum Gasteiger partial charge on any atom is -0.0688 e. The molecule has 0 aliphatic carbocycles. The first kappa shape index (κ1) is 5.97. The number of allylic oxidation sites excluding steroid dienone is 1. The van der Waals surface area contributed by atoms with Crippen molar-refractivity contribution in [2.45, 2.75) is 13.8 Å². The Labute approximate surface area is 50.6 Å². The summed E-state index contributed by atoms with van der Waals surface area (Å²) >= 11 is 0. The summed E-state index contributed by atoms with van der Waals surface area (Å²) in [7, 11) is -0.956. The second-order valence-electron chi connectivity index (χ2n) is 2.37. The highest BCUT2D eigenvalue weighted by molar-refractivity contribution is 7.48. The van der Waals surface area contributed by atoms with E-state index in [0.717, 1.165) is 6.16 Å². The van der Waals surface area contributed by atoms with Crippen molar-refractivity contribution >= 4 is 7.80 Å². The Morgan fingerprint density at radius 3 is 2.62 bits per heavy atom. The molecule has 2 atom stereocenters. The predicted octanol–water partition coefficient (Wildman–Crippen LogP) is 2.37. The molecule has 1 rings (SSSR count). The van der Waals surface area contributed by atoms with Crippen molar-refractivity contribution in [3.8, 4) is 0 Å². The van der Waals surface area contributed by atoms with Gasteiger partial charge in [-0.05, 0) is 12.5 Å². The molecule has 1 aliphatic rings. The molecule has 8 heavy (non-hydrogen) atoms. The second-order valence-corrected chi connectivity index (χ2v) is 3.83. The van der Waals surface area contributed by atoms with Gasteiger partial charge in [-0.1, -0.05) is 11.5 Å². The van der Waals surface area contributed by atoms with Gasteiger partial charge in [0, 0.05) is 5.92 Å². The van der Waals surface area contributed by atoms with Gasteiger partial charge in [0.2, 0.25) is 0 Å². The van der Waals surface area contributed by atoms with E-state index in [-0.39, 0.29) is 0 Å². The van der Waals surface area contributed by atoms with E-state index >= 15 is 0 Å². The third-order valence-electron chi connectivity index (χ3n) is 1.58. The fraction of sp³-hybridized carbons (Fsp3) is 0.667. The van der Waals surface area contributed by atoms with E-state index in [0.29, 0.717) is 5.92 Å². The van der Waals surface area contributed by atoms with Crippen LogP contribution in [0.4, 0.5) is 0 Å². The molecule has 44 valence electrons. The van der Waals surface area contributed by atoms with Crippen molar-refractivity contribution in [2.75, 3.05) is 6.16 Å². The van der Waals surface area contributed by atoms with E-state index in [1.54, 1.807) is 0 Å². The Morgan fingerprint density at radius 1 is 1.88 bits per heavy atom. The molecule has 2 unspecified atom stereocenters. The normalized spacial score (nSPS) is 33.0. The van der Waals surface area contributed by atoms with Gasteiger partial charge in [-0.15, -0.1) is 0 Å². The standard InChI is InChI=1S/C6H10OP/c1-5-3-8(7)4-6(5)2/h3,6H,4H2,1-2H3/q+1. The van der Waals surface area contributed by atoms with Crippen LogP contribution < -0.4 is 0 Å². The van der Waals surface area contributed by atoms with Crippen LogP contribution in [0.5, 0.6) is 0 Å². The monoisotopic (exact) mass is 129 g/mol. The van der Waals surface area contributed by atoms with Gasteiger partial charge in [0.25, 0.3) is 0 Å². The molecule has 0 bridgehead atoms. The maximum atomic E-state index is 10.7. The van der Waals surface area contributed by atoms with E-state index in [1.807, 2.05) is 12.7 Å². The first-order valence-electron chi connectivity index (χ1n) is 2.82. The summed E-state index contributed by atoms with van der Waals surface area (Å²) in [6.07, 6.45) is 0.876. The van der Waals surface area contributed by atoms with Crippen molar-refractivity contribution < 1.29 is 4.57 Å². The molecular formula is C6H10OP+. The molecule has 1 heterocycles. The summed E-state index contributed by atoms with van der Waals surface area (Å²) in [5, 5.41) is 0. The molecule has 1 aliphatic heterocycles. The van der Waals surface area contributed by atoms with Crippen molar-refractivity contribution in [3.63, 3.8) is 0 Å². The molecule has 0 N–H and O–H groups in total. The zero-order valence-corrected chi connectivity index (χ0v) is 6.11. The lowest BCUT2D eigenvalue weighted by molar-refractivity contribution is 0.590. The van der Waals surface area contributed by atoms with Gasteiger partial charge >= 0.3 is 7.80 Å². The molecular weight excluding hydrogens is 119 g/mol. The van der Waals surface area contributed by atoms with Crippen molar-refractivity contribution in [1.82, 2.24) is 0 Å². The quantitative estimate of drug-likeness (QED) is 0.459. The summed E-state index contributed by atoms with van der Waals surface area (Å²) in [6, 6.07) is 0. The van der Waals surface area contributed by atoms with Gasteiger partial charge in [-0.2, -0.15) is 0 Å². The van der Waals surface area contributed by atoms with Crippen LogP contribution in [0.15, 0.2) is 11.4 Å². The minimum atomic E-state index is -0.956. The molecule has 0 fully saturated rings. The van der Waals surface area contributed by atoms with Gasteiger partial charge < -0.3 is 0 Å². The lowest BCUT2D eigenvalue weighted by Gasteiger charge is -1.92. The van der Waals surface area contributed by atoms with Gasteiger partial charge in [-0.3, -0.25) is 0 Å². The second kappa shape index (κ2) is 1.99. The van der Waals surface area contributed by atoms with Gasteiger partial charge in [-0.25, -0.2) is 0 Å². The topological polar surface area (TPSA) is 17.1 Å². The summed E-state index contributed by atoms with van der Waals surface area (Å²) in [4.78, 5) is 0. The van der Waals surface area contributed by atoms with E-state index in [4.69, 9.17) is 0 Å². The van der Waals surface area contributed by atoms with Crippen LogP contribution in [0.2, 0.25) is 0 Å². The van der Waals surface area contributed by atoms with Crippen LogP contribution >= 0.6 is 7.80 Å². The lowest BCUT2D eigenvalue weighted by Crippen LogP contribution is -1.91. The molecule has 0 saturated heterocycles. The fourth-order valence-electron chi connectivity index (χ4n) is 0.821. The fourth-order valence-corrected chi connectivity index (χ4v) is 2.46. The third kappa shape index (κ3) is 0.976. The first-order valence-corrected chi connectivity index (χ1v) is 4.33. The Bertz CT molecular complexity index is 149. The molecule has 0 amide bonds. The third-order valence-corrected chi connectivity index (χ3v) is 3.18. The molecule has 1 nitrogen and oxygen atoms in total. The maximum Gasteiger partial charge on any atom is 0.369 e. The zero-order valence-electron chi connectivity index (χ0n) is 5.22. The largest absolute Gasteiger partial charge is 0.369 e. The Morgan fingerprint density at radius 2 is 2.50 bits per heavy atom. The highest BCUT2D eigenvalue weighted by Gasteiger charge is 2.27.